The Morgan fingerprint density at radius 2 is 1.48 bits per heavy atom. The van der Waals surface area contributed by atoms with Crippen molar-refractivity contribution in [1.82, 2.24) is 5.32 Å². The summed E-state index contributed by atoms with van der Waals surface area (Å²) in [5, 5.41) is 15.7. The van der Waals surface area contributed by atoms with Crippen molar-refractivity contribution < 1.29 is 19.3 Å². The monoisotopic (exact) mass is 413 g/mol. The number of ether oxygens (including phenoxy) is 3. The van der Waals surface area contributed by atoms with Crippen LogP contribution < -0.4 is 14.8 Å². The van der Waals surface area contributed by atoms with Gasteiger partial charge in [0, 0.05) is 18.0 Å². The first-order valence-electron chi connectivity index (χ1n) is 9.50. The van der Waals surface area contributed by atoms with Gasteiger partial charge in [-0.3, -0.25) is 0 Å². The summed E-state index contributed by atoms with van der Waals surface area (Å²) in [6, 6.07) is 19.7. The molecule has 1 aromatic heterocycles. The van der Waals surface area contributed by atoms with E-state index >= 15 is 0 Å². The number of aliphatic hydroxyl groups is 1. The molecule has 5 nitrogen and oxygen atoms in total. The highest BCUT2D eigenvalue weighted by molar-refractivity contribution is 7.09. The van der Waals surface area contributed by atoms with Gasteiger partial charge < -0.3 is 24.6 Å². The summed E-state index contributed by atoms with van der Waals surface area (Å²) >= 11 is 1.70. The van der Waals surface area contributed by atoms with E-state index in [0.29, 0.717) is 6.54 Å². The zero-order valence-corrected chi connectivity index (χ0v) is 17.5. The second kappa shape index (κ2) is 11.0. The predicted octanol–water partition coefficient (Wildman–Crippen LogP) is 4.02. The lowest BCUT2D eigenvalue weighted by Crippen LogP contribution is -2.30. The maximum absolute atomic E-state index is 10.4. The number of hydrogen-bond donors (Lipinski definition) is 2. The Morgan fingerprint density at radius 3 is 1.97 bits per heavy atom. The van der Waals surface area contributed by atoms with Crippen molar-refractivity contribution in [3.05, 3.63) is 82.0 Å². The standard InChI is InChI=1S/C23H27NO4S/c1-26-20-9-5-17(6-10-20)23(18-7-11-21(27-2)12-8-18)28-16-19(25)14-24-15-22-4-3-13-29-22/h3-13,19,23-25H,14-16H2,1-2H3/t19-/m1/s1. The number of rotatable bonds is 11. The molecule has 0 unspecified atom stereocenters. The topological polar surface area (TPSA) is 60.0 Å². The van der Waals surface area contributed by atoms with Crippen LogP contribution in [0.2, 0.25) is 0 Å². The number of methoxy groups -OCH3 is 2. The fourth-order valence-electron chi connectivity index (χ4n) is 2.98. The van der Waals surface area contributed by atoms with Crippen LogP contribution in [0.3, 0.4) is 0 Å². The summed E-state index contributed by atoms with van der Waals surface area (Å²) < 4.78 is 16.6. The van der Waals surface area contributed by atoms with E-state index in [2.05, 4.69) is 11.4 Å². The van der Waals surface area contributed by atoms with Crippen LogP contribution in [0, 0.1) is 0 Å². The lowest BCUT2D eigenvalue weighted by Gasteiger charge is -2.22. The molecular formula is C23H27NO4S. The third-order valence-corrected chi connectivity index (χ3v) is 5.43. The normalized spacial score (nSPS) is 12.1. The van der Waals surface area contributed by atoms with Gasteiger partial charge in [-0.15, -0.1) is 11.3 Å². The van der Waals surface area contributed by atoms with Gasteiger partial charge in [-0.05, 0) is 46.8 Å². The Bertz CT molecular complexity index is 787. The van der Waals surface area contributed by atoms with Crippen LogP contribution in [0.15, 0.2) is 66.0 Å². The molecular weight excluding hydrogens is 386 g/mol. The molecule has 2 aromatic carbocycles. The minimum atomic E-state index is -0.603. The van der Waals surface area contributed by atoms with Gasteiger partial charge in [-0.2, -0.15) is 0 Å². The van der Waals surface area contributed by atoms with E-state index in [9.17, 15) is 5.11 Å². The lowest BCUT2D eigenvalue weighted by molar-refractivity contribution is 0.00648. The van der Waals surface area contributed by atoms with E-state index in [4.69, 9.17) is 14.2 Å². The van der Waals surface area contributed by atoms with E-state index in [-0.39, 0.29) is 12.7 Å². The van der Waals surface area contributed by atoms with Crippen molar-refractivity contribution in [3.8, 4) is 11.5 Å². The Labute approximate surface area is 175 Å². The van der Waals surface area contributed by atoms with Crippen LogP contribution in [-0.2, 0) is 11.3 Å². The highest BCUT2D eigenvalue weighted by Crippen LogP contribution is 2.29. The van der Waals surface area contributed by atoms with Gasteiger partial charge in [-0.1, -0.05) is 30.3 Å². The van der Waals surface area contributed by atoms with Crippen molar-refractivity contribution in [2.75, 3.05) is 27.4 Å². The second-order valence-electron chi connectivity index (χ2n) is 6.62. The molecule has 0 bridgehead atoms. The van der Waals surface area contributed by atoms with Gasteiger partial charge in [0.25, 0.3) is 0 Å². The quantitative estimate of drug-likeness (QED) is 0.497. The van der Waals surface area contributed by atoms with Crippen LogP contribution in [0.4, 0.5) is 0 Å². The number of aliphatic hydroxyl groups excluding tert-OH is 1. The number of hydrogen-bond acceptors (Lipinski definition) is 6. The van der Waals surface area contributed by atoms with Gasteiger partial charge in [0.2, 0.25) is 0 Å². The molecule has 3 rings (SSSR count). The highest BCUT2D eigenvalue weighted by atomic mass is 32.1. The average Bonchev–Trinajstić information content (AvgIpc) is 3.28. The molecule has 0 saturated heterocycles. The van der Waals surface area contributed by atoms with Crippen molar-refractivity contribution in [3.63, 3.8) is 0 Å². The third kappa shape index (κ3) is 6.30. The first-order valence-corrected chi connectivity index (χ1v) is 10.4. The molecule has 0 aliphatic rings. The molecule has 6 heteroatoms. The predicted molar refractivity (Wildman–Crippen MR) is 116 cm³/mol. The molecule has 0 aliphatic carbocycles. The van der Waals surface area contributed by atoms with Crippen molar-refractivity contribution in [2.45, 2.75) is 18.8 Å². The summed E-state index contributed by atoms with van der Waals surface area (Å²) in [6.45, 7) is 1.44. The number of benzene rings is 2. The Balaban J connectivity index is 1.63. The molecule has 1 atom stereocenters. The fraction of sp³-hybridized carbons (Fsp3) is 0.304. The zero-order valence-electron chi connectivity index (χ0n) is 16.7. The number of thiophene rings is 1. The summed E-state index contributed by atoms with van der Waals surface area (Å²) in [7, 11) is 3.29. The molecule has 0 fully saturated rings. The summed E-state index contributed by atoms with van der Waals surface area (Å²) in [6.07, 6.45) is -0.896. The van der Waals surface area contributed by atoms with Crippen molar-refractivity contribution in [1.29, 1.82) is 0 Å². The van der Waals surface area contributed by atoms with Crippen LogP contribution in [0.5, 0.6) is 11.5 Å². The molecule has 0 spiro atoms. The second-order valence-corrected chi connectivity index (χ2v) is 7.66. The van der Waals surface area contributed by atoms with E-state index in [1.54, 1.807) is 25.6 Å². The van der Waals surface area contributed by atoms with Gasteiger partial charge >= 0.3 is 0 Å². The van der Waals surface area contributed by atoms with Crippen molar-refractivity contribution in [2.24, 2.45) is 0 Å². The molecule has 0 radical (unpaired) electrons. The van der Waals surface area contributed by atoms with E-state index < -0.39 is 6.10 Å². The zero-order chi connectivity index (χ0) is 20.5. The highest BCUT2D eigenvalue weighted by Gasteiger charge is 2.17. The molecule has 0 amide bonds. The molecule has 1 heterocycles. The Kier molecular flexibility index (Phi) is 8.07. The van der Waals surface area contributed by atoms with Gasteiger partial charge in [0.15, 0.2) is 0 Å². The largest absolute Gasteiger partial charge is 0.497 e. The van der Waals surface area contributed by atoms with Gasteiger partial charge in [-0.25, -0.2) is 0 Å². The lowest BCUT2D eigenvalue weighted by atomic mass is 10.0. The molecule has 29 heavy (non-hydrogen) atoms. The van der Waals surface area contributed by atoms with Crippen LogP contribution in [0.25, 0.3) is 0 Å². The van der Waals surface area contributed by atoms with E-state index in [1.807, 2.05) is 60.0 Å². The molecule has 0 saturated carbocycles. The van der Waals surface area contributed by atoms with E-state index in [1.165, 1.54) is 4.88 Å². The maximum atomic E-state index is 10.4. The van der Waals surface area contributed by atoms with Crippen LogP contribution in [-0.4, -0.2) is 38.6 Å². The van der Waals surface area contributed by atoms with E-state index in [0.717, 1.165) is 29.2 Å². The SMILES string of the molecule is COc1ccc(C(OC[C@H](O)CNCc2cccs2)c2ccc(OC)cc2)cc1. The minimum absolute atomic E-state index is 0.222. The maximum Gasteiger partial charge on any atom is 0.118 e. The summed E-state index contributed by atoms with van der Waals surface area (Å²) in [5.74, 6) is 1.58. The molecule has 0 aliphatic heterocycles. The Morgan fingerprint density at radius 1 is 0.897 bits per heavy atom. The first-order chi connectivity index (χ1) is 14.2. The molecule has 3 aromatic rings. The summed E-state index contributed by atoms with van der Waals surface area (Å²) in [5.41, 5.74) is 1.99. The minimum Gasteiger partial charge on any atom is -0.497 e. The fourth-order valence-corrected chi connectivity index (χ4v) is 3.66. The average molecular weight is 414 g/mol. The van der Waals surface area contributed by atoms with Crippen molar-refractivity contribution >= 4 is 11.3 Å². The molecule has 154 valence electrons. The first kappa shape index (κ1) is 21.3. The number of nitrogens with one attached hydrogen (secondary N) is 1. The van der Waals surface area contributed by atoms with Crippen LogP contribution in [0.1, 0.15) is 22.1 Å². The van der Waals surface area contributed by atoms with Crippen LogP contribution >= 0.6 is 11.3 Å². The van der Waals surface area contributed by atoms with Gasteiger partial charge in [0.1, 0.15) is 17.6 Å². The van der Waals surface area contributed by atoms with Gasteiger partial charge in [0.05, 0.1) is 26.9 Å². The molecule has 2 N–H and O–H groups in total. The third-order valence-electron chi connectivity index (χ3n) is 4.55. The smallest absolute Gasteiger partial charge is 0.118 e. The summed E-state index contributed by atoms with van der Waals surface area (Å²) in [4.78, 5) is 1.24. The Hall–Kier alpha value is -2.38.